The van der Waals surface area contributed by atoms with Gasteiger partial charge in [-0.2, -0.15) is 0 Å². The Hall–Kier alpha value is -2.81. The summed E-state index contributed by atoms with van der Waals surface area (Å²) in [5.41, 5.74) is 3.54. The van der Waals surface area contributed by atoms with E-state index in [0.717, 1.165) is 22.0 Å². The van der Waals surface area contributed by atoms with Gasteiger partial charge in [-0.05, 0) is 23.3 Å². The topological polar surface area (TPSA) is 44.9 Å². The van der Waals surface area contributed by atoms with E-state index in [0.29, 0.717) is 12.2 Å². The molecule has 0 saturated carbocycles. The third kappa shape index (κ3) is 2.87. The number of rotatable bonds is 4. The Bertz CT molecular complexity index is 832. The molecule has 0 radical (unpaired) electrons. The highest BCUT2D eigenvalue weighted by atomic mass is 16.1. The van der Waals surface area contributed by atoms with Crippen LogP contribution in [-0.4, -0.2) is 4.98 Å². The molecule has 1 heterocycles. The average molecular weight is 276 g/mol. The van der Waals surface area contributed by atoms with Crippen LogP contribution in [0.5, 0.6) is 0 Å². The summed E-state index contributed by atoms with van der Waals surface area (Å²) in [6.45, 7) is 4.34. The Balaban J connectivity index is 1.82. The van der Waals surface area contributed by atoms with Gasteiger partial charge in [0.05, 0.1) is 0 Å². The molecule has 3 aromatic rings. The third-order valence-corrected chi connectivity index (χ3v) is 3.45. The summed E-state index contributed by atoms with van der Waals surface area (Å²) in [7, 11) is 0. The summed E-state index contributed by atoms with van der Waals surface area (Å²) in [6, 6.07) is 17.7. The fourth-order valence-corrected chi connectivity index (χ4v) is 2.25. The van der Waals surface area contributed by atoms with Gasteiger partial charge in [-0.25, -0.2) is 0 Å². The first-order valence-electron chi connectivity index (χ1n) is 6.83. The van der Waals surface area contributed by atoms with Crippen molar-refractivity contribution in [2.75, 3.05) is 5.32 Å². The lowest BCUT2D eigenvalue weighted by Crippen LogP contribution is -2.13. The predicted molar refractivity (Wildman–Crippen MR) is 88.4 cm³/mol. The lowest BCUT2D eigenvalue weighted by Gasteiger charge is -2.07. The molecule has 104 valence electrons. The van der Waals surface area contributed by atoms with Gasteiger partial charge in [0.15, 0.2) is 0 Å². The van der Waals surface area contributed by atoms with E-state index in [9.17, 15) is 4.79 Å². The molecular formula is C18H16N2O. The standard InChI is InChI=1S/C18H16N2O/c1-2-13-7-9-14(10-8-13)12-19-17-11-15-5-3-4-6-16(15)20-18(17)21/h2-11,19H,1,12H2,(H,20,21). The van der Waals surface area contributed by atoms with Crippen molar-refractivity contribution in [1.29, 1.82) is 0 Å². The summed E-state index contributed by atoms with van der Waals surface area (Å²) < 4.78 is 0. The number of para-hydroxylation sites is 1. The number of nitrogens with one attached hydrogen (secondary N) is 2. The molecular weight excluding hydrogens is 260 g/mol. The first-order chi connectivity index (χ1) is 10.3. The van der Waals surface area contributed by atoms with Crippen molar-refractivity contribution in [3.05, 3.63) is 82.7 Å². The van der Waals surface area contributed by atoms with Gasteiger partial charge < -0.3 is 10.3 Å². The van der Waals surface area contributed by atoms with E-state index in [1.165, 1.54) is 0 Å². The van der Waals surface area contributed by atoms with Gasteiger partial charge in [-0.15, -0.1) is 0 Å². The van der Waals surface area contributed by atoms with Crippen LogP contribution >= 0.6 is 0 Å². The van der Waals surface area contributed by atoms with Gasteiger partial charge in [-0.1, -0.05) is 55.1 Å². The Labute approximate surface area is 123 Å². The highest BCUT2D eigenvalue weighted by Gasteiger charge is 2.02. The van der Waals surface area contributed by atoms with Crippen LogP contribution in [0.4, 0.5) is 5.69 Å². The molecule has 0 unspecified atom stereocenters. The van der Waals surface area contributed by atoms with E-state index in [2.05, 4.69) is 16.9 Å². The number of H-pyrrole nitrogens is 1. The Morgan fingerprint density at radius 3 is 2.62 bits per heavy atom. The zero-order valence-corrected chi connectivity index (χ0v) is 11.6. The van der Waals surface area contributed by atoms with Crippen LogP contribution in [0.1, 0.15) is 11.1 Å². The van der Waals surface area contributed by atoms with E-state index in [1.807, 2.05) is 60.7 Å². The lowest BCUT2D eigenvalue weighted by molar-refractivity contribution is 1.13. The van der Waals surface area contributed by atoms with Crippen LogP contribution < -0.4 is 10.9 Å². The van der Waals surface area contributed by atoms with E-state index in [4.69, 9.17) is 0 Å². The maximum Gasteiger partial charge on any atom is 0.271 e. The molecule has 0 bridgehead atoms. The first kappa shape index (κ1) is 13.2. The molecule has 0 spiro atoms. The molecule has 3 rings (SSSR count). The summed E-state index contributed by atoms with van der Waals surface area (Å²) in [6.07, 6.45) is 1.81. The lowest BCUT2D eigenvalue weighted by atomic mass is 10.1. The number of fused-ring (bicyclic) bond motifs is 1. The monoisotopic (exact) mass is 276 g/mol. The molecule has 0 aliphatic heterocycles. The van der Waals surface area contributed by atoms with E-state index < -0.39 is 0 Å². The quantitative estimate of drug-likeness (QED) is 0.761. The van der Waals surface area contributed by atoms with Crippen molar-refractivity contribution < 1.29 is 0 Å². The number of aromatic amines is 1. The molecule has 1 aromatic heterocycles. The summed E-state index contributed by atoms with van der Waals surface area (Å²) in [5.74, 6) is 0. The van der Waals surface area contributed by atoms with Crippen molar-refractivity contribution in [2.24, 2.45) is 0 Å². The number of aromatic nitrogens is 1. The fraction of sp³-hybridized carbons (Fsp3) is 0.0556. The molecule has 0 saturated heterocycles. The molecule has 2 N–H and O–H groups in total. The minimum atomic E-state index is -0.101. The maximum atomic E-state index is 12.0. The van der Waals surface area contributed by atoms with Gasteiger partial charge in [-0.3, -0.25) is 4.79 Å². The largest absolute Gasteiger partial charge is 0.376 e. The molecule has 0 aliphatic carbocycles. The van der Waals surface area contributed by atoms with Crippen LogP contribution in [-0.2, 0) is 6.54 Å². The first-order valence-corrected chi connectivity index (χ1v) is 6.83. The molecule has 2 aromatic carbocycles. The van der Waals surface area contributed by atoms with Crippen molar-refractivity contribution in [1.82, 2.24) is 4.98 Å². The molecule has 0 aliphatic rings. The molecule has 21 heavy (non-hydrogen) atoms. The zero-order valence-electron chi connectivity index (χ0n) is 11.6. The second-order valence-corrected chi connectivity index (χ2v) is 4.90. The van der Waals surface area contributed by atoms with Gasteiger partial charge in [0.25, 0.3) is 5.56 Å². The van der Waals surface area contributed by atoms with Crippen LogP contribution in [0, 0.1) is 0 Å². The Morgan fingerprint density at radius 2 is 1.86 bits per heavy atom. The van der Waals surface area contributed by atoms with Gasteiger partial charge in [0.2, 0.25) is 0 Å². The molecule has 3 heteroatoms. The number of benzene rings is 2. The third-order valence-electron chi connectivity index (χ3n) is 3.45. The van der Waals surface area contributed by atoms with Crippen LogP contribution in [0.3, 0.4) is 0 Å². The minimum absolute atomic E-state index is 0.101. The van der Waals surface area contributed by atoms with E-state index in [-0.39, 0.29) is 5.56 Å². The molecule has 0 fully saturated rings. The van der Waals surface area contributed by atoms with Crippen LogP contribution in [0.25, 0.3) is 17.0 Å². The number of anilines is 1. The normalized spacial score (nSPS) is 10.5. The van der Waals surface area contributed by atoms with Crippen molar-refractivity contribution >= 4 is 22.7 Å². The number of hydrogen-bond donors (Lipinski definition) is 2. The maximum absolute atomic E-state index is 12.0. The Morgan fingerprint density at radius 1 is 1.10 bits per heavy atom. The average Bonchev–Trinajstić information content (AvgIpc) is 2.53. The number of pyridine rings is 1. The molecule has 0 atom stereocenters. The number of hydrogen-bond acceptors (Lipinski definition) is 2. The van der Waals surface area contributed by atoms with Gasteiger partial charge in [0, 0.05) is 17.4 Å². The highest BCUT2D eigenvalue weighted by molar-refractivity contribution is 5.81. The fourth-order valence-electron chi connectivity index (χ4n) is 2.25. The van der Waals surface area contributed by atoms with Crippen molar-refractivity contribution in [2.45, 2.75) is 6.54 Å². The van der Waals surface area contributed by atoms with E-state index >= 15 is 0 Å². The smallest absolute Gasteiger partial charge is 0.271 e. The SMILES string of the molecule is C=Cc1ccc(CNc2cc3ccccc3[nH]c2=O)cc1. The zero-order chi connectivity index (χ0) is 14.7. The minimum Gasteiger partial charge on any atom is -0.376 e. The van der Waals surface area contributed by atoms with Gasteiger partial charge in [0.1, 0.15) is 5.69 Å². The molecule has 0 amide bonds. The van der Waals surface area contributed by atoms with Crippen molar-refractivity contribution in [3.63, 3.8) is 0 Å². The second kappa shape index (κ2) is 5.67. The van der Waals surface area contributed by atoms with Gasteiger partial charge >= 0.3 is 0 Å². The highest BCUT2D eigenvalue weighted by Crippen LogP contribution is 2.14. The van der Waals surface area contributed by atoms with E-state index in [1.54, 1.807) is 0 Å². The van der Waals surface area contributed by atoms with Crippen molar-refractivity contribution in [3.8, 4) is 0 Å². The summed E-state index contributed by atoms with van der Waals surface area (Å²) in [4.78, 5) is 14.9. The summed E-state index contributed by atoms with van der Waals surface area (Å²) in [5, 5.41) is 4.20. The second-order valence-electron chi connectivity index (χ2n) is 4.90. The summed E-state index contributed by atoms with van der Waals surface area (Å²) >= 11 is 0. The van der Waals surface area contributed by atoms with Crippen LogP contribution in [0.2, 0.25) is 0 Å². The Kier molecular flexibility index (Phi) is 3.56. The molecule has 3 nitrogen and oxygen atoms in total. The van der Waals surface area contributed by atoms with Crippen LogP contribution in [0.15, 0.2) is 66.0 Å². The predicted octanol–water partition coefficient (Wildman–Crippen LogP) is 3.78.